The number of aliphatic imine (C=N–C) groups is 1. The molecule has 0 unspecified atom stereocenters. The van der Waals surface area contributed by atoms with Gasteiger partial charge in [0.1, 0.15) is 0 Å². The van der Waals surface area contributed by atoms with E-state index in [1.807, 2.05) is 0 Å². The van der Waals surface area contributed by atoms with Gasteiger partial charge in [0.05, 0.1) is 13.7 Å². The van der Waals surface area contributed by atoms with Gasteiger partial charge in [-0.1, -0.05) is 25.3 Å². The highest BCUT2D eigenvalue weighted by Crippen LogP contribution is 2.30. The van der Waals surface area contributed by atoms with E-state index in [4.69, 9.17) is 15.2 Å². The third-order valence-electron chi connectivity index (χ3n) is 4.01. The number of hydrogen-bond donors (Lipinski definition) is 2. The second-order valence-corrected chi connectivity index (χ2v) is 6.07. The van der Waals surface area contributed by atoms with Crippen LogP contribution in [0, 0.1) is 0 Å². The number of nitrogens with one attached hydrogen (secondary N) is 1. The molecule has 0 spiro atoms. The fourth-order valence-corrected chi connectivity index (χ4v) is 2.77. The van der Waals surface area contributed by atoms with Crippen LogP contribution in [-0.2, 0) is 6.54 Å². The van der Waals surface area contributed by atoms with Crippen LogP contribution in [0.2, 0.25) is 0 Å². The first-order valence-corrected chi connectivity index (χ1v) is 8.30. The normalized spacial score (nSPS) is 16.6. The molecule has 1 aliphatic carbocycles. The smallest absolute Gasteiger partial charge is 0.422 e. The van der Waals surface area contributed by atoms with E-state index >= 15 is 0 Å². The molecule has 0 saturated heterocycles. The topological polar surface area (TPSA) is 68.9 Å². The summed E-state index contributed by atoms with van der Waals surface area (Å²) in [4.78, 5) is 4.29. The monoisotopic (exact) mass is 359 g/mol. The summed E-state index contributed by atoms with van der Waals surface area (Å²) in [5.41, 5.74) is 6.67. The van der Waals surface area contributed by atoms with Gasteiger partial charge in [-0.3, -0.25) is 0 Å². The van der Waals surface area contributed by atoms with Crippen molar-refractivity contribution >= 4 is 5.96 Å². The Balaban J connectivity index is 1.93. The number of hydrogen-bond acceptors (Lipinski definition) is 3. The number of ether oxygens (including phenoxy) is 2. The number of benzene rings is 1. The molecule has 0 radical (unpaired) electrons. The van der Waals surface area contributed by atoms with Crippen LogP contribution >= 0.6 is 0 Å². The van der Waals surface area contributed by atoms with Crippen molar-refractivity contribution < 1.29 is 22.6 Å². The average Bonchev–Trinajstić information content (AvgIpc) is 2.58. The minimum Gasteiger partial charge on any atom is -0.493 e. The van der Waals surface area contributed by atoms with Crippen molar-refractivity contribution in [2.75, 3.05) is 13.7 Å². The molecule has 25 heavy (non-hydrogen) atoms. The molecule has 0 aliphatic heterocycles. The fraction of sp³-hybridized carbons (Fsp3) is 0.588. The Morgan fingerprint density at radius 1 is 1.24 bits per heavy atom. The van der Waals surface area contributed by atoms with Crippen LogP contribution in [0.3, 0.4) is 0 Å². The average molecular weight is 359 g/mol. The Bertz CT molecular complexity index is 585. The van der Waals surface area contributed by atoms with Crippen LogP contribution < -0.4 is 20.5 Å². The van der Waals surface area contributed by atoms with Gasteiger partial charge in [0, 0.05) is 6.04 Å². The molecule has 1 fully saturated rings. The standard InChI is InChI=1S/C17H24F3N3O2/c1-24-15-9-12(7-8-14(15)25-11-17(18,19)20)10-22-16(21)23-13-5-3-2-4-6-13/h7-9,13H,2-6,10-11H2,1H3,(H3,21,22,23). The van der Waals surface area contributed by atoms with E-state index in [0.29, 0.717) is 18.5 Å². The maximum atomic E-state index is 12.3. The fourth-order valence-electron chi connectivity index (χ4n) is 2.77. The summed E-state index contributed by atoms with van der Waals surface area (Å²) in [6.45, 7) is -1.05. The summed E-state index contributed by atoms with van der Waals surface area (Å²) in [5, 5.41) is 3.21. The highest BCUT2D eigenvalue weighted by Gasteiger charge is 2.29. The zero-order valence-electron chi connectivity index (χ0n) is 14.2. The van der Waals surface area contributed by atoms with Crippen LogP contribution in [0.5, 0.6) is 11.5 Å². The molecule has 0 amide bonds. The number of nitrogens with two attached hydrogens (primary N) is 1. The minimum absolute atomic E-state index is 0.0425. The maximum Gasteiger partial charge on any atom is 0.422 e. The predicted octanol–water partition coefficient (Wildman–Crippen LogP) is 3.37. The summed E-state index contributed by atoms with van der Waals surface area (Å²) in [6.07, 6.45) is 1.44. The third kappa shape index (κ3) is 6.72. The first-order chi connectivity index (χ1) is 11.9. The molecule has 1 saturated carbocycles. The van der Waals surface area contributed by atoms with Crippen LogP contribution in [0.4, 0.5) is 13.2 Å². The van der Waals surface area contributed by atoms with Gasteiger partial charge in [-0.05, 0) is 30.5 Å². The van der Waals surface area contributed by atoms with E-state index in [0.717, 1.165) is 18.4 Å². The number of halogens is 3. The van der Waals surface area contributed by atoms with Crippen molar-refractivity contribution in [1.82, 2.24) is 5.32 Å². The van der Waals surface area contributed by atoms with Gasteiger partial charge < -0.3 is 20.5 Å². The Hall–Kier alpha value is -2.12. The SMILES string of the molecule is COc1cc(CN=C(N)NC2CCCCC2)ccc1OCC(F)(F)F. The second kappa shape index (κ2) is 8.82. The van der Waals surface area contributed by atoms with Crippen LogP contribution in [0.15, 0.2) is 23.2 Å². The van der Waals surface area contributed by atoms with Crippen LogP contribution in [0.1, 0.15) is 37.7 Å². The number of nitrogens with zero attached hydrogens (tertiary/aromatic N) is 1. The van der Waals surface area contributed by atoms with Gasteiger partial charge in [0.15, 0.2) is 24.1 Å². The van der Waals surface area contributed by atoms with Gasteiger partial charge in [0.2, 0.25) is 0 Å². The van der Waals surface area contributed by atoms with Gasteiger partial charge in [0.25, 0.3) is 0 Å². The zero-order valence-corrected chi connectivity index (χ0v) is 14.2. The molecule has 140 valence electrons. The van der Waals surface area contributed by atoms with E-state index < -0.39 is 12.8 Å². The number of guanidine groups is 1. The first kappa shape index (κ1) is 19.2. The predicted molar refractivity (Wildman–Crippen MR) is 89.9 cm³/mol. The Kier molecular flexibility index (Phi) is 6.78. The second-order valence-electron chi connectivity index (χ2n) is 6.07. The molecule has 1 aromatic carbocycles. The van der Waals surface area contributed by atoms with Gasteiger partial charge in [-0.25, -0.2) is 4.99 Å². The van der Waals surface area contributed by atoms with Crippen molar-refractivity contribution in [1.29, 1.82) is 0 Å². The van der Waals surface area contributed by atoms with Gasteiger partial charge in [-0.2, -0.15) is 13.2 Å². The van der Waals surface area contributed by atoms with Crippen molar-refractivity contribution in [3.05, 3.63) is 23.8 Å². The largest absolute Gasteiger partial charge is 0.493 e. The summed E-state index contributed by atoms with van der Waals surface area (Å²) in [7, 11) is 1.38. The first-order valence-electron chi connectivity index (χ1n) is 8.30. The van der Waals surface area contributed by atoms with Gasteiger partial charge in [-0.15, -0.1) is 0 Å². The summed E-state index contributed by atoms with van der Waals surface area (Å²) >= 11 is 0. The highest BCUT2D eigenvalue weighted by molar-refractivity contribution is 5.78. The molecular formula is C17H24F3N3O2. The highest BCUT2D eigenvalue weighted by atomic mass is 19.4. The molecule has 3 N–H and O–H groups in total. The molecular weight excluding hydrogens is 335 g/mol. The third-order valence-corrected chi connectivity index (χ3v) is 4.01. The van der Waals surface area contributed by atoms with Crippen molar-refractivity contribution in [2.24, 2.45) is 10.7 Å². The summed E-state index contributed by atoms with van der Waals surface area (Å²) in [5.74, 6) is 0.653. The molecule has 0 atom stereocenters. The Labute approximate surface area is 145 Å². The van der Waals surface area contributed by atoms with E-state index in [1.54, 1.807) is 12.1 Å². The van der Waals surface area contributed by atoms with Gasteiger partial charge >= 0.3 is 6.18 Å². The molecule has 1 aliphatic rings. The molecule has 0 aromatic heterocycles. The number of methoxy groups -OCH3 is 1. The van der Waals surface area contributed by atoms with E-state index in [-0.39, 0.29) is 11.5 Å². The molecule has 8 heteroatoms. The lowest BCUT2D eigenvalue weighted by atomic mass is 9.96. The molecule has 1 aromatic rings. The maximum absolute atomic E-state index is 12.3. The van der Waals surface area contributed by atoms with Crippen LogP contribution in [-0.4, -0.2) is 31.9 Å². The molecule has 0 heterocycles. The molecule has 0 bridgehead atoms. The number of rotatable bonds is 6. The molecule has 5 nitrogen and oxygen atoms in total. The van der Waals surface area contributed by atoms with E-state index in [9.17, 15) is 13.2 Å². The van der Waals surface area contributed by atoms with E-state index in [1.165, 1.54) is 32.4 Å². The Morgan fingerprint density at radius 2 is 1.96 bits per heavy atom. The summed E-state index contributed by atoms with van der Waals surface area (Å²) < 4.78 is 46.6. The van der Waals surface area contributed by atoms with Crippen molar-refractivity contribution in [2.45, 2.75) is 50.9 Å². The quantitative estimate of drug-likeness (QED) is 0.604. The zero-order chi connectivity index (χ0) is 18.3. The lowest BCUT2D eigenvalue weighted by molar-refractivity contribution is -0.153. The summed E-state index contributed by atoms with van der Waals surface area (Å²) in [6, 6.07) is 5.06. The lowest BCUT2D eigenvalue weighted by Crippen LogP contribution is -2.41. The Morgan fingerprint density at radius 3 is 2.60 bits per heavy atom. The van der Waals surface area contributed by atoms with Crippen molar-refractivity contribution in [3.63, 3.8) is 0 Å². The lowest BCUT2D eigenvalue weighted by Gasteiger charge is -2.23. The minimum atomic E-state index is -4.40. The number of alkyl halides is 3. The van der Waals surface area contributed by atoms with Crippen LogP contribution in [0.25, 0.3) is 0 Å². The molecule has 2 rings (SSSR count). The van der Waals surface area contributed by atoms with E-state index in [2.05, 4.69) is 10.3 Å². The van der Waals surface area contributed by atoms with Crippen molar-refractivity contribution in [3.8, 4) is 11.5 Å².